The molecule has 0 radical (unpaired) electrons. The molecule has 2 heterocycles. The van der Waals surface area contributed by atoms with Gasteiger partial charge >= 0.3 is 5.97 Å². The Morgan fingerprint density at radius 2 is 1.92 bits per heavy atom. The van der Waals surface area contributed by atoms with E-state index < -0.39 is 17.7 Å². The number of hydrogen-bond acceptors (Lipinski definition) is 6. The van der Waals surface area contributed by atoms with Crippen molar-refractivity contribution in [1.82, 2.24) is 9.88 Å². The highest BCUT2D eigenvalue weighted by Gasteiger charge is 2.25. The molecule has 4 rings (SSSR count). The maximum absolute atomic E-state index is 13.1. The van der Waals surface area contributed by atoms with Crippen molar-refractivity contribution in [2.24, 2.45) is 0 Å². The van der Waals surface area contributed by atoms with Crippen LogP contribution in [0.15, 0.2) is 36.4 Å². The number of carbonyl (C=O) groups is 3. The smallest absolute Gasteiger partial charge is 0.335 e. The molecule has 0 aliphatic carbocycles. The third-order valence-corrected chi connectivity index (χ3v) is 7.52. The van der Waals surface area contributed by atoms with E-state index in [-0.39, 0.29) is 40.0 Å². The van der Waals surface area contributed by atoms with E-state index in [2.05, 4.69) is 34.4 Å². The van der Waals surface area contributed by atoms with E-state index in [1.807, 2.05) is 0 Å². The van der Waals surface area contributed by atoms with E-state index in [9.17, 15) is 23.9 Å². The van der Waals surface area contributed by atoms with Crippen LogP contribution in [0, 0.1) is 5.82 Å². The lowest BCUT2D eigenvalue weighted by molar-refractivity contribution is -0.116. The fourth-order valence-corrected chi connectivity index (χ4v) is 5.39. The van der Waals surface area contributed by atoms with E-state index in [4.69, 9.17) is 11.6 Å². The molecule has 0 unspecified atom stereocenters. The second-order valence-electron chi connectivity index (χ2n) is 9.00. The van der Waals surface area contributed by atoms with Gasteiger partial charge in [0.1, 0.15) is 5.82 Å². The number of halogens is 2. The fraction of sp³-hybridized carbons (Fsp3) is 0.308. The van der Waals surface area contributed by atoms with Crippen LogP contribution in [0.2, 0.25) is 5.02 Å². The van der Waals surface area contributed by atoms with Gasteiger partial charge in [0.05, 0.1) is 11.3 Å². The molecule has 3 N–H and O–H groups in total. The number of hydrogen-bond donors (Lipinski definition) is 3. The van der Waals surface area contributed by atoms with Crippen LogP contribution in [0.4, 0.5) is 15.8 Å². The number of nitrogens with zero attached hydrogens (tertiary/aromatic N) is 2. The van der Waals surface area contributed by atoms with Crippen molar-refractivity contribution in [2.45, 2.75) is 45.7 Å². The molecule has 0 saturated heterocycles. The molecule has 0 spiro atoms. The molecule has 37 heavy (non-hydrogen) atoms. The number of nitrogens with one attached hydrogen (secondary N) is 2. The van der Waals surface area contributed by atoms with Crippen LogP contribution >= 0.6 is 22.9 Å². The summed E-state index contributed by atoms with van der Waals surface area (Å²) in [6, 6.07) is 8.37. The lowest BCUT2D eigenvalue weighted by atomic mass is 10.0. The highest BCUT2D eigenvalue weighted by Crippen LogP contribution is 2.31. The Hall–Kier alpha value is -3.34. The number of carboxylic acid groups (broad SMARTS) is 1. The summed E-state index contributed by atoms with van der Waals surface area (Å²) in [4.78, 5) is 45.1. The monoisotopic (exact) mass is 544 g/mol. The first-order valence-electron chi connectivity index (χ1n) is 11.8. The van der Waals surface area contributed by atoms with Gasteiger partial charge in [-0.15, -0.1) is 11.3 Å². The Labute approximate surface area is 222 Å². The van der Waals surface area contributed by atoms with Gasteiger partial charge in [-0.3, -0.25) is 14.5 Å². The number of carboxylic acids is 1. The molecule has 1 aliphatic heterocycles. The van der Waals surface area contributed by atoms with Crippen molar-refractivity contribution in [3.8, 4) is 0 Å². The van der Waals surface area contributed by atoms with Gasteiger partial charge in [0.2, 0.25) is 5.91 Å². The molecule has 2 aromatic carbocycles. The van der Waals surface area contributed by atoms with Crippen molar-refractivity contribution < 1.29 is 23.9 Å². The Kier molecular flexibility index (Phi) is 8.21. The predicted molar refractivity (Wildman–Crippen MR) is 141 cm³/mol. The van der Waals surface area contributed by atoms with Gasteiger partial charge in [-0.05, 0) is 62.2 Å². The fourth-order valence-electron chi connectivity index (χ4n) is 4.05. The minimum Gasteiger partial charge on any atom is -0.478 e. The molecule has 8 nitrogen and oxygen atoms in total. The van der Waals surface area contributed by atoms with Gasteiger partial charge < -0.3 is 15.7 Å². The molecule has 0 fully saturated rings. The molecule has 1 aromatic heterocycles. The van der Waals surface area contributed by atoms with Crippen molar-refractivity contribution in [1.29, 1.82) is 0 Å². The average Bonchev–Trinajstić information content (AvgIpc) is 3.28. The van der Waals surface area contributed by atoms with E-state index in [0.717, 1.165) is 30.1 Å². The largest absolute Gasteiger partial charge is 0.478 e. The van der Waals surface area contributed by atoms with Crippen LogP contribution in [0.1, 0.15) is 56.6 Å². The molecule has 11 heteroatoms. The molecule has 0 bridgehead atoms. The van der Waals surface area contributed by atoms with E-state index in [1.54, 1.807) is 0 Å². The summed E-state index contributed by atoms with van der Waals surface area (Å²) in [5.41, 5.74) is 1.90. The number of thiazole rings is 1. The first kappa shape index (κ1) is 26.7. The second kappa shape index (κ2) is 11.4. The van der Waals surface area contributed by atoms with E-state index >= 15 is 0 Å². The zero-order valence-electron chi connectivity index (χ0n) is 20.3. The number of carbonyl (C=O) groups excluding carboxylic acids is 2. The topological polar surface area (TPSA) is 112 Å². The quantitative estimate of drug-likeness (QED) is 0.358. The SMILES string of the molecule is CC(C)N1CCc2nc(C(=O)Nc3cc(C(=O)O)cc(Cl)c3CCC(=O)Nc3ccc(F)cc3)sc2C1. The Morgan fingerprint density at radius 3 is 2.59 bits per heavy atom. The highest BCUT2D eigenvalue weighted by molar-refractivity contribution is 7.13. The molecule has 194 valence electrons. The first-order valence-corrected chi connectivity index (χ1v) is 12.9. The van der Waals surface area contributed by atoms with Gasteiger partial charge in [-0.2, -0.15) is 0 Å². The number of anilines is 2. The molecule has 2 amide bonds. The number of aromatic nitrogens is 1. The van der Waals surface area contributed by atoms with E-state index in [0.29, 0.717) is 17.3 Å². The van der Waals surface area contributed by atoms with E-state index in [1.165, 1.54) is 47.7 Å². The first-order chi connectivity index (χ1) is 17.6. The van der Waals surface area contributed by atoms with Gasteiger partial charge in [-0.25, -0.2) is 14.2 Å². The summed E-state index contributed by atoms with van der Waals surface area (Å²) < 4.78 is 13.1. The Morgan fingerprint density at radius 1 is 1.19 bits per heavy atom. The molecular formula is C26H26ClFN4O4S. The number of aromatic carboxylic acids is 1. The van der Waals surface area contributed by atoms with Crippen LogP contribution in [-0.4, -0.2) is 45.4 Å². The van der Waals surface area contributed by atoms with Crippen LogP contribution in [0.3, 0.4) is 0 Å². The van der Waals surface area contributed by atoms with Crippen molar-refractivity contribution in [3.63, 3.8) is 0 Å². The lowest BCUT2D eigenvalue weighted by Crippen LogP contribution is -2.35. The number of fused-ring (bicyclic) bond motifs is 1. The lowest BCUT2D eigenvalue weighted by Gasteiger charge is -2.29. The van der Waals surface area contributed by atoms with Gasteiger partial charge in [0.25, 0.3) is 5.91 Å². The van der Waals surface area contributed by atoms with Gasteiger partial charge in [0, 0.05) is 53.2 Å². The zero-order valence-corrected chi connectivity index (χ0v) is 21.9. The number of benzene rings is 2. The third kappa shape index (κ3) is 6.51. The minimum atomic E-state index is -1.20. The van der Waals surface area contributed by atoms with Crippen molar-refractivity contribution in [3.05, 3.63) is 73.9 Å². The molecular weight excluding hydrogens is 519 g/mol. The predicted octanol–water partition coefficient (Wildman–Crippen LogP) is 5.22. The molecule has 0 atom stereocenters. The van der Waals surface area contributed by atoms with Crippen LogP contribution < -0.4 is 10.6 Å². The Bertz CT molecular complexity index is 1340. The van der Waals surface area contributed by atoms with Crippen molar-refractivity contribution in [2.75, 3.05) is 17.2 Å². The maximum Gasteiger partial charge on any atom is 0.335 e. The van der Waals surface area contributed by atoms with Crippen LogP contribution in [0.5, 0.6) is 0 Å². The van der Waals surface area contributed by atoms with Gasteiger partial charge in [-0.1, -0.05) is 11.6 Å². The third-order valence-electron chi connectivity index (χ3n) is 6.11. The van der Waals surface area contributed by atoms with Crippen molar-refractivity contribution >= 4 is 52.1 Å². The summed E-state index contributed by atoms with van der Waals surface area (Å²) >= 11 is 7.71. The average molecular weight is 545 g/mol. The minimum absolute atomic E-state index is 0.00295. The molecule has 0 saturated carbocycles. The maximum atomic E-state index is 13.1. The van der Waals surface area contributed by atoms with Gasteiger partial charge in [0.15, 0.2) is 5.01 Å². The zero-order chi connectivity index (χ0) is 26.7. The summed E-state index contributed by atoms with van der Waals surface area (Å²) in [6.07, 6.45) is 0.897. The normalized spacial score (nSPS) is 13.3. The molecule has 1 aliphatic rings. The number of rotatable bonds is 8. The summed E-state index contributed by atoms with van der Waals surface area (Å²) in [5, 5.41) is 15.3. The summed E-state index contributed by atoms with van der Waals surface area (Å²) in [5.74, 6) is -2.42. The standard InChI is InChI=1S/C26H26ClFN4O4S/c1-14(2)32-10-9-20-22(13-32)37-25(31-20)24(34)30-21-12-15(26(35)36)11-19(27)18(21)7-8-23(33)29-17-5-3-16(28)4-6-17/h3-6,11-12,14H,7-10,13H2,1-2H3,(H,29,33)(H,30,34)(H,35,36). The van der Waals surface area contributed by atoms with Crippen LogP contribution in [-0.2, 0) is 24.2 Å². The van der Waals surface area contributed by atoms with Crippen LogP contribution in [0.25, 0.3) is 0 Å². The Balaban J connectivity index is 1.52. The molecule has 3 aromatic rings. The second-order valence-corrected chi connectivity index (χ2v) is 10.5. The summed E-state index contributed by atoms with van der Waals surface area (Å²) in [7, 11) is 0. The number of amides is 2. The summed E-state index contributed by atoms with van der Waals surface area (Å²) in [6.45, 7) is 5.85. The highest BCUT2D eigenvalue weighted by atomic mass is 35.5.